The van der Waals surface area contributed by atoms with Crippen molar-refractivity contribution in [3.8, 4) is 0 Å². The summed E-state index contributed by atoms with van der Waals surface area (Å²) in [4.78, 5) is 13.1. The molecule has 0 amide bonds. The maximum atomic E-state index is 13.1. The molecule has 4 heteroatoms. The first-order chi connectivity index (χ1) is 13.1. The molecule has 0 unspecified atom stereocenters. The second-order valence-electron chi connectivity index (χ2n) is 6.48. The highest BCUT2D eigenvalue weighted by Gasteiger charge is 2.21. The topological polar surface area (TPSA) is 42.2 Å². The number of hydrogen-bond donors (Lipinski definition) is 1. The third-order valence-electron chi connectivity index (χ3n) is 4.50. The molecule has 0 saturated carbocycles. The second kappa shape index (κ2) is 7.29. The third kappa shape index (κ3) is 3.60. The number of nitrogens with one attached hydrogen (secondary N) is 1. The number of furan rings is 1. The summed E-state index contributed by atoms with van der Waals surface area (Å²) in [6.07, 6.45) is 0. The lowest BCUT2D eigenvalue weighted by molar-refractivity contribution is 0.101. The molecule has 4 rings (SSSR count). The van der Waals surface area contributed by atoms with E-state index in [9.17, 15) is 4.79 Å². The van der Waals surface area contributed by atoms with Gasteiger partial charge in [0.2, 0.25) is 5.78 Å². The molecule has 0 bridgehead atoms. The van der Waals surface area contributed by atoms with Gasteiger partial charge < -0.3 is 9.73 Å². The molecule has 0 aliphatic heterocycles. The molecule has 27 heavy (non-hydrogen) atoms. The summed E-state index contributed by atoms with van der Waals surface area (Å²) in [5, 5.41) is 4.96. The molecule has 1 aromatic heterocycles. The van der Waals surface area contributed by atoms with Crippen molar-refractivity contribution in [1.82, 2.24) is 0 Å². The fourth-order valence-corrected chi connectivity index (χ4v) is 3.14. The predicted molar refractivity (Wildman–Crippen MR) is 110 cm³/mol. The Kier molecular flexibility index (Phi) is 4.69. The number of aryl methyl sites for hydroxylation is 1. The van der Waals surface area contributed by atoms with Crippen molar-refractivity contribution in [3.63, 3.8) is 0 Å². The van der Waals surface area contributed by atoms with E-state index in [4.69, 9.17) is 16.0 Å². The first kappa shape index (κ1) is 17.4. The highest BCUT2D eigenvalue weighted by atomic mass is 35.5. The van der Waals surface area contributed by atoms with Crippen molar-refractivity contribution in [2.45, 2.75) is 13.5 Å². The molecule has 0 spiro atoms. The number of fused-ring (bicyclic) bond motifs is 1. The Balaban J connectivity index is 1.71. The summed E-state index contributed by atoms with van der Waals surface area (Å²) < 4.78 is 5.92. The van der Waals surface area contributed by atoms with Crippen molar-refractivity contribution >= 4 is 34.0 Å². The monoisotopic (exact) mass is 375 g/mol. The number of para-hydroxylation sites is 1. The number of hydrogen-bond acceptors (Lipinski definition) is 3. The maximum Gasteiger partial charge on any atom is 0.230 e. The summed E-state index contributed by atoms with van der Waals surface area (Å²) in [5.41, 5.74) is 4.18. The summed E-state index contributed by atoms with van der Waals surface area (Å²) >= 11 is 5.96. The maximum absolute atomic E-state index is 13.1. The van der Waals surface area contributed by atoms with Crippen LogP contribution in [-0.2, 0) is 6.54 Å². The molecule has 0 saturated heterocycles. The standard InChI is InChI=1S/C23H18ClNO2/c1-15-6-10-17(11-7-15)22(26)23-21(19-4-2-3-5-20(19)27-23)25-14-16-8-12-18(24)13-9-16/h2-13,25H,14H2,1H3. The Hall–Kier alpha value is -3.04. The van der Waals surface area contributed by atoms with E-state index in [-0.39, 0.29) is 5.78 Å². The van der Waals surface area contributed by atoms with Crippen LogP contribution in [0.5, 0.6) is 0 Å². The van der Waals surface area contributed by atoms with Crippen LogP contribution in [0.15, 0.2) is 77.2 Å². The van der Waals surface area contributed by atoms with Crippen molar-refractivity contribution < 1.29 is 9.21 Å². The van der Waals surface area contributed by atoms with Crippen LogP contribution >= 0.6 is 11.6 Å². The summed E-state index contributed by atoms with van der Waals surface area (Å²) in [7, 11) is 0. The van der Waals surface area contributed by atoms with E-state index in [1.165, 1.54) is 0 Å². The Labute approximate surface area is 162 Å². The minimum absolute atomic E-state index is 0.134. The van der Waals surface area contributed by atoms with Gasteiger partial charge in [-0.05, 0) is 36.8 Å². The van der Waals surface area contributed by atoms with Crippen LogP contribution < -0.4 is 5.32 Å². The van der Waals surface area contributed by atoms with Crippen LogP contribution in [0.1, 0.15) is 27.2 Å². The molecule has 1 heterocycles. The fraction of sp³-hybridized carbons (Fsp3) is 0.0870. The molecule has 4 aromatic rings. The van der Waals surface area contributed by atoms with Gasteiger partial charge in [-0.15, -0.1) is 0 Å². The van der Waals surface area contributed by atoms with Gasteiger partial charge in [-0.3, -0.25) is 4.79 Å². The summed E-state index contributed by atoms with van der Waals surface area (Å²) in [6, 6.07) is 22.8. The van der Waals surface area contributed by atoms with Gasteiger partial charge in [-0.25, -0.2) is 0 Å². The highest BCUT2D eigenvalue weighted by Crippen LogP contribution is 2.33. The van der Waals surface area contributed by atoms with Gasteiger partial charge in [0.15, 0.2) is 5.76 Å². The molecule has 0 aliphatic carbocycles. The first-order valence-electron chi connectivity index (χ1n) is 8.73. The van der Waals surface area contributed by atoms with Crippen molar-refractivity contribution in [3.05, 3.63) is 100 Å². The zero-order chi connectivity index (χ0) is 18.8. The zero-order valence-corrected chi connectivity index (χ0v) is 15.6. The smallest absolute Gasteiger partial charge is 0.230 e. The molecular formula is C23H18ClNO2. The van der Waals surface area contributed by atoms with Gasteiger partial charge >= 0.3 is 0 Å². The number of benzene rings is 3. The van der Waals surface area contributed by atoms with Crippen molar-refractivity contribution in [2.75, 3.05) is 5.32 Å². The largest absolute Gasteiger partial charge is 0.450 e. The molecule has 0 atom stereocenters. The number of ketones is 1. The lowest BCUT2D eigenvalue weighted by atomic mass is 10.1. The van der Waals surface area contributed by atoms with Gasteiger partial charge in [0.05, 0.1) is 5.69 Å². The van der Waals surface area contributed by atoms with E-state index >= 15 is 0 Å². The molecule has 3 aromatic carbocycles. The number of carbonyl (C=O) groups is 1. The van der Waals surface area contributed by atoms with Gasteiger partial charge in [-0.1, -0.05) is 65.7 Å². The van der Waals surface area contributed by atoms with Crippen molar-refractivity contribution in [1.29, 1.82) is 0 Å². The lowest BCUT2D eigenvalue weighted by Gasteiger charge is -2.08. The number of carbonyl (C=O) groups excluding carboxylic acids is 1. The lowest BCUT2D eigenvalue weighted by Crippen LogP contribution is -2.06. The first-order valence-corrected chi connectivity index (χ1v) is 9.11. The van der Waals surface area contributed by atoms with Crippen LogP contribution in [0.3, 0.4) is 0 Å². The van der Waals surface area contributed by atoms with Crippen LogP contribution in [0, 0.1) is 6.92 Å². The highest BCUT2D eigenvalue weighted by molar-refractivity contribution is 6.30. The van der Waals surface area contributed by atoms with E-state index in [0.717, 1.165) is 16.5 Å². The Morgan fingerprint density at radius 2 is 1.67 bits per heavy atom. The summed E-state index contributed by atoms with van der Waals surface area (Å²) in [6.45, 7) is 2.56. The molecule has 1 N–H and O–H groups in total. The Morgan fingerprint density at radius 3 is 2.41 bits per heavy atom. The van der Waals surface area contributed by atoms with Gasteiger partial charge in [0.25, 0.3) is 0 Å². The van der Waals surface area contributed by atoms with Gasteiger partial charge in [-0.2, -0.15) is 0 Å². The normalized spacial score (nSPS) is 10.9. The molecule has 3 nitrogen and oxygen atoms in total. The molecular weight excluding hydrogens is 358 g/mol. The van der Waals surface area contributed by atoms with E-state index in [0.29, 0.717) is 34.2 Å². The fourth-order valence-electron chi connectivity index (χ4n) is 3.01. The molecule has 0 aliphatic rings. The minimum Gasteiger partial charge on any atom is -0.450 e. The van der Waals surface area contributed by atoms with E-state index in [1.54, 1.807) is 0 Å². The number of halogens is 1. The molecule has 134 valence electrons. The van der Waals surface area contributed by atoms with E-state index in [1.807, 2.05) is 79.7 Å². The van der Waals surface area contributed by atoms with Crippen molar-refractivity contribution in [2.24, 2.45) is 0 Å². The third-order valence-corrected chi connectivity index (χ3v) is 4.75. The number of anilines is 1. The van der Waals surface area contributed by atoms with Gasteiger partial charge in [0.1, 0.15) is 5.58 Å². The summed E-state index contributed by atoms with van der Waals surface area (Å²) in [5.74, 6) is 0.193. The predicted octanol–water partition coefficient (Wildman–Crippen LogP) is 6.24. The average Bonchev–Trinajstić information content (AvgIpc) is 3.06. The van der Waals surface area contributed by atoms with E-state index in [2.05, 4.69) is 5.32 Å². The molecule has 0 fully saturated rings. The minimum atomic E-state index is -0.134. The van der Waals surface area contributed by atoms with Crippen LogP contribution in [0.2, 0.25) is 5.02 Å². The SMILES string of the molecule is Cc1ccc(C(=O)c2oc3ccccc3c2NCc2ccc(Cl)cc2)cc1. The quantitative estimate of drug-likeness (QED) is 0.420. The Morgan fingerprint density at radius 1 is 0.963 bits per heavy atom. The average molecular weight is 376 g/mol. The van der Waals surface area contributed by atoms with Crippen LogP contribution in [-0.4, -0.2) is 5.78 Å². The van der Waals surface area contributed by atoms with Gasteiger partial charge in [0, 0.05) is 22.5 Å². The number of rotatable bonds is 5. The van der Waals surface area contributed by atoms with E-state index < -0.39 is 0 Å². The second-order valence-corrected chi connectivity index (χ2v) is 6.91. The van der Waals surface area contributed by atoms with Crippen LogP contribution in [0.25, 0.3) is 11.0 Å². The Bertz CT molecular complexity index is 1100. The zero-order valence-electron chi connectivity index (χ0n) is 14.8. The molecule has 0 radical (unpaired) electrons. The van der Waals surface area contributed by atoms with Crippen LogP contribution in [0.4, 0.5) is 5.69 Å².